The van der Waals surface area contributed by atoms with E-state index in [2.05, 4.69) is 27.9 Å². The number of hydrogen-bond acceptors (Lipinski definition) is 1. The lowest BCUT2D eigenvalue weighted by Crippen LogP contribution is -2.49. The van der Waals surface area contributed by atoms with Gasteiger partial charge in [0.1, 0.15) is 0 Å². The molecule has 0 aliphatic carbocycles. The maximum Gasteiger partial charge on any atom is 0.251 e. The van der Waals surface area contributed by atoms with E-state index in [4.69, 9.17) is 34.8 Å². The van der Waals surface area contributed by atoms with E-state index in [-0.39, 0.29) is 17.7 Å². The van der Waals surface area contributed by atoms with Gasteiger partial charge in [0, 0.05) is 20.9 Å². The maximum atomic E-state index is 12.0. The van der Waals surface area contributed by atoms with Crippen molar-refractivity contribution in [2.75, 3.05) is 11.8 Å². The van der Waals surface area contributed by atoms with Crippen LogP contribution in [0, 0.1) is 3.57 Å². The fourth-order valence-electron chi connectivity index (χ4n) is 1.09. The van der Waals surface area contributed by atoms with Gasteiger partial charge in [-0.1, -0.05) is 11.6 Å². The number of alkyl halides is 2. The predicted octanol–water partition coefficient (Wildman–Crippen LogP) is 3.91. The van der Waals surface area contributed by atoms with Crippen molar-refractivity contribution in [1.82, 2.24) is 5.32 Å². The minimum Gasteiger partial charge on any atom is -0.344 e. The van der Waals surface area contributed by atoms with Crippen molar-refractivity contribution in [3.05, 3.63) is 32.4 Å². The first-order valence-electron chi connectivity index (χ1n) is 4.81. The van der Waals surface area contributed by atoms with Crippen molar-refractivity contribution in [3.63, 3.8) is 0 Å². The first kappa shape index (κ1) is 15.3. The summed E-state index contributed by atoms with van der Waals surface area (Å²) in [5.41, 5.74) is -0.118. The van der Waals surface area contributed by atoms with Gasteiger partial charge in [0.25, 0.3) is 5.91 Å². The van der Waals surface area contributed by atoms with Gasteiger partial charge in [-0.15, -0.1) is 23.2 Å². The Morgan fingerprint density at radius 2 is 2.00 bits per heavy atom. The zero-order valence-corrected chi connectivity index (χ0v) is 13.5. The average molecular weight is 406 g/mol. The molecule has 0 aromatic heterocycles. The van der Waals surface area contributed by atoms with E-state index in [0.717, 1.165) is 3.57 Å². The highest BCUT2D eigenvalue weighted by Gasteiger charge is 2.25. The second-order valence-electron chi connectivity index (χ2n) is 3.91. The van der Waals surface area contributed by atoms with Crippen molar-refractivity contribution in [2.45, 2.75) is 12.5 Å². The summed E-state index contributed by atoms with van der Waals surface area (Å²) in [5.74, 6) is 0.271. The lowest BCUT2D eigenvalue weighted by atomic mass is 10.1. The molecular weight excluding hydrogens is 395 g/mol. The molecule has 17 heavy (non-hydrogen) atoms. The van der Waals surface area contributed by atoms with Crippen molar-refractivity contribution in [2.24, 2.45) is 0 Å². The molecule has 0 saturated carbocycles. The molecule has 1 N–H and O–H groups in total. The Kier molecular flexibility index (Phi) is 5.83. The molecule has 0 aliphatic heterocycles. The van der Waals surface area contributed by atoms with Gasteiger partial charge in [-0.25, -0.2) is 0 Å². The van der Waals surface area contributed by atoms with Crippen LogP contribution in [0.2, 0.25) is 5.02 Å². The highest BCUT2D eigenvalue weighted by molar-refractivity contribution is 14.1. The molecule has 0 aliphatic rings. The molecule has 0 radical (unpaired) electrons. The van der Waals surface area contributed by atoms with Gasteiger partial charge in [0.15, 0.2) is 0 Å². The van der Waals surface area contributed by atoms with Crippen LogP contribution in [-0.4, -0.2) is 23.2 Å². The van der Waals surface area contributed by atoms with Gasteiger partial charge in [-0.05, 0) is 47.7 Å². The summed E-state index contributed by atoms with van der Waals surface area (Å²) in [5, 5.41) is 3.34. The van der Waals surface area contributed by atoms with E-state index in [1.54, 1.807) is 25.1 Å². The van der Waals surface area contributed by atoms with Crippen molar-refractivity contribution in [1.29, 1.82) is 0 Å². The maximum absolute atomic E-state index is 12.0. The molecule has 2 nitrogen and oxygen atoms in total. The van der Waals surface area contributed by atoms with Crippen LogP contribution >= 0.6 is 57.4 Å². The summed E-state index contributed by atoms with van der Waals surface area (Å²) in [7, 11) is 0. The van der Waals surface area contributed by atoms with E-state index in [0.29, 0.717) is 10.6 Å². The molecule has 1 amide bonds. The fraction of sp³-hybridized carbons (Fsp3) is 0.364. The predicted molar refractivity (Wildman–Crippen MR) is 81.5 cm³/mol. The molecule has 94 valence electrons. The third kappa shape index (κ3) is 4.16. The highest BCUT2D eigenvalue weighted by Crippen LogP contribution is 2.20. The standard InChI is InChI=1S/C11H11Cl3INO/c1-11(5-12,6-13)16-10(17)7-2-3-9(15)8(14)4-7/h2-4H,5-6H2,1H3,(H,16,17). The van der Waals surface area contributed by atoms with Gasteiger partial charge >= 0.3 is 0 Å². The summed E-state index contributed by atoms with van der Waals surface area (Å²) >= 11 is 19.6. The number of amides is 1. The summed E-state index contributed by atoms with van der Waals surface area (Å²) in [6.07, 6.45) is 0. The molecule has 0 atom stereocenters. The Bertz CT molecular complexity index is 421. The van der Waals surface area contributed by atoms with E-state index in [9.17, 15) is 4.79 Å². The van der Waals surface area contributed by atoms with Gasteiger partial charge in [0.05, 0.1) is 10.6 Å². The molecule has 6 heteroatoms. The third-order valence-corrected chi connectivity index (χ3v) is 4.94. The summed E-state index contributed by atoms with van der Waals surface area (Å²) < 4.78 is 0.901. The lowest BCUT2D eigenvalue weighted by Gasteiger charge is -2.25. The number of nitrogens with one attached hydrogen (secondary N) is 1. The summed E-state index contributed by atoms with van der Waals surface area (Å²) in [6.45, 7) is 1.79. The molecular formula is C11H11Cl3INO. The van der Waals surface area contributed by atoms with Gasteiger partial charge in [0.2, 0.25) is 0 Å². The van der Waals surface area contributed by atoms with E-state index in [1.807, 2.05) is 0 Å². The quantitative estimate of drug-likeness (QED) is 0.596. The van der Waals surface area contributed by atoms with Gasteiger partial charge < -0.3 is 5.32 Å². The van der Waals surface area contributed by atoms with Gasteiger partial charge in [-0.3, -0.25) is 4.79 Å². The Morgan fingerprint density at radius 3 is 2.47 bits per heavy atom. The van der Waals surface area contributed by atoms with E-state index >= 15 is 0 Å². The van der Waals surface area contributed by atoms with E-state index in [1.165, 1.54) is 0 Å². The van der Waals surface area contributed by atoms with E-state index < -0.39 is 5.54 Å². The van der Waals surface area contributed by atoms with Crippen LogP contribution in [0.3, 0.4) is 0 Å². The molecule has 0 spiro atoms. The highest BCUT2D eigenvalue weighted by atomic mass is 127. The Balaban J connectivity index is 2.86. The van der Waals surface area contributed by atoms with Crippen LogP contribution < -0.4 is 5.32 Å². The molecule has 0 heterocycles. The minimum atomic E-state index is -0.615. The van der Waals surface area contributed by atoms with Crippen LogP contribution in [0.4, 0.5) is 0 Å². The summed E-state index contributed by atoms with van der Waals surface area (Å²) in [4.78, 5) is 12.0. The molecule has 1 aromatic carbocycles. The molecule has 0 saturated heterocycles. The average Bonchev–Trinajstić information content (AvgIpc) is 2.32. The van der Waals surface area contributed by atoms with Crippen molar-refractivity contribution in [3.8, 4) is 0 Å². The number of carbonyl (C=O) groups is 1. The Labute approximate surface area is 129 Å². The number of carbonyl (C=O) groups excluding carboxylic acids is 1. The fourth-order valence-corrected chi connectivity index (χ4v) is 2.02. The topological polar surface area (TPSA) is 29.1 Å². The number of rotatable bonds is 4. The van der Waals surface area contributed by atoms with Crippen LogP contribution in [0.5, 0.6) is 0 Å². The second kappa shape index (κ2) is 6.45. The Hall–Kier alpha value is 0.290. The largest absolute Gasteiger partial charge is 0.344 e. The Morgan fingerprint density at radius 1 is 1.41 bits per heavy atom. The molecule has 1 aromatic rings. The SMILES string of the molecule is CC(CCl)(CCl)NC(=O)c1ccc(I)c(Cl)c1. The zero-order chi connectivity index (χ0) is 13.1. The third-order valence-electron chi connectivity index (χ3n) is 2.19. The molecule has 0 bridgehead atoms. The second-order valence-corrected chi connectivity index (χ2v) is 6.01. The normalized spacial score (nSPS) is 11.4. The molecule has 1 rings (SSSR count). The number of hydrogen-bond donors (Lipinski definition) is 1. The number of benzene rings is 1. The monoisotopic (exact) mass is 405 g/mol. The smallest absolute Gasteiger partial charge is 0.251 e. The van der Waals surface area contributed by atoms with Crippen LogP contribution in [-0.2, 0) is 0 Å². The van der Waals surface area contributed by atoms with Crippen LogP contribution in [0.25, 0.3) is 0 Å². The van der Waals surface area contributed by atoms with Gasteiger partial charge in [-0.2, -0.15) is 0 Å². The first-order valence-corrected chi connectivity index (χ1v) is 7.34. The summed E-state index contributed by atoms with van der Waals surface area (Å²) in [6, 6.07) is 5.13. The number of halogens is 4. The zero-order valence-electron chi connectivity index (χ0n) is 9.07. The van der Waals surface area contributed by atoms with Crippen molar-refractivity contribution >= 4 is 63.3 Å². The first-order chi connectivity index (χ1) is 7.91. The van der Waals surface area contributed by atoms with Crippen LogP contribution in [0.15, 0.2) is 18.2 Å². The van der Waals surface area contributed by atoms with Crippen molar-refractivity contribution < 1.29 is 4.79 Å². The molecule has 0 unspecified atom stereocenters. The minimum absolute atomic E-state index is 0.230. The lowest BCUT2D eigenvalue weighted by molar-refractivity contribution is 0.0921. The molecule has 0 fully saturated rings. The van der Waals surface area contributed by atoms with Crippen LogP contribution in [0.1, 0.15) is 17.3 Å².